The fourth-order valence-electron chi connectivity index (χ4n) is 5.25. The Labute approximate surface area is 147 Å². The number of likely N-dealkylation sites (tertiary alicyclic amines) is 1. The van der Waals surface area contributed by atoms with Crippen LogP contribution in [0.1, 0.15) is 24.0 Å². The second-order valence-electron chi connectivity index (χ2n) is 7.48. The molecule has 0 spiro atoms. The van der Waals surface area contributed by atoms with Crippen LogP contribution in [0, 0.1) is 0 Å². The molecule has 4 atom stereocenters. The summed E-state index contributed by atoms with van der Waals surface area (Å²) in [5.74, 6) is 0.857. The zero-order chi connectivity index (χ0) is 18.0. The minimum atomic E-state index is -1.22. The summed E-state index contributed by atoms with van der Waals surface area (Å²) in [5, 5.41) is 33.3. The van der Waals surface area contributed by atoms with Gasteiger partial charge in [-0.15, -0.1) is 0 Å². The molecule has 136 valence electrons. The predicted octanol–water partition coefficient (Wildman–Crippen LogP) is 0.925. The Morgan fingerprint density at radius 1 is 1.24 bits per heavy atom. The number of nitrogens with zero attached hydrogens (tertiary/aromatic N) is 1. The molecule has 2 aliphatic carbocycles. The Bertz CT molecular complexity index is 748. The number of aliphatic hydroxyl groups is 2. The van der Waals surface area contributed by atoms with E-state index in [0.29, 0.717) is 36.3 Å². The minimum Gasteiger partial charge on any atom is -0.504 e. The molecular formula is C19H25NO5. The first-order valence-electron chi connectivity index (χ1n) is 8.64. The van der Waals surface area contributed by atoms with E-state index in [2.05, 4.69) is 4.90 Å². The number of benzene rings is 1. The van der Waals surface area contributed by atoms with Gasteiger partial charge in [-0.2, -0.15) is 0 Å². The number of aromatic hydroxyl groups is 1. The van der Waals surface area contributed by atoms with Gasteiger partial charge in [-0.3, -0.25) is 4.90 Å². The molecule has 25 heavy (non-hydrogen) atoms. The van der Waals surface area contributed by atoms with Crippen LogP contribution in [0.3, 0.4) is 0 Å². The molecule has 1 aliphatic heterocycles. The van der Waals surface area contributed by atoms with Gasteiger partial charge in [0.1, 0.15) is 17.5 Å². The van der Waals surface area contributed by atoms with Crippen molar-refractivity contribution in [2.45, 2.75) is 42.4 Å². The third-order valence-corrected chi connectivity index (χ3v) is 6.51. The van der Waals surface area contributed by atoms with Crippen molar-refractivity contribution in [3.05, 3.63) is 35.1 Å². The molecule has 1 saturated heterocycles. The summed E-state index contributed by atoms with van der Waals surface area (Å²) in [5.41, 5.74) is -0.274. The smallest absolute Gasteiger partial charge is 0.161 e. The molecule has 0 amide bonds. The van der Waals surface area contributed by atoms with Crippen LogP contribution < -0.4 is 4.74 Å². The minimum absolute atomic E-state index is 0.0721. The van der Waals surface area contributed by atoms with E-state index in [0.717, 1.165) is 12.1 Å². The second kappa shape index (κ2) is 5.37. The molecule has 0 saturated carbocycles. The van der Waals surface area contributed by atoms with Crippen LogP contribution >= 0.6 is 0 Å². The van der Waals surface area contributed by atoms with E-state index in [1.54, 1.807) is 12.1 Å². The lowest BCUT2D eigenvalue weighted by molar-refractivity contribution is -0.132. The summed E-state index contributed by atoms with van der Waals surface area (Å²) in [6.45, 7) is 0.784. The number of rotatable bonds is 2. The van der Waals surface area contributed by atoms with Gasteiger partial charge < -0.3 is 24.8 Å². The van der Waals surface area contributed by atoms with Gasteiger partial charge in [0, 0.05) is 17.0 Å². The molecule has 1 aromatic carbocycles. The van der Waals surface area contributed by atoms with Crippen LogP contribution in [0.25, 0.3) is 0 Å². The van der Waals surface area contributed by atoms with Crippen molar-refractivity contribution >= 4 is 0 Å². The number of likely N-dealkylation sites (N-methyl/N-ethyl adjacent to an activating group) is 1. The molecule has 0 radical (unpaired) electrons. The van der Waals surface area contributed by atoms with Crippen molar-refractivity contribution in [2.24, 2.45) is 0 Å². The molecule has 1 fully saturated rings. The fourth-order valence-corrected chi connectivity index (χ4v) is 5.25. The second-order valence-corrected chi connectivity index (χ2v) is 7.48. The van der Waals surface area contributed by atoms with E-state index in [1.165, 1.54) is 14.2 Å². The number of hydrogen-bond acceptors (Lipinski definition) is 6. The van der Waals surface area contributed by atoms with Gasteiger partial charge in [0.2, 0.25) is 0 Å². The van der Waals surface area contributed by atoms with E-state index in [9.17, 15) is 15.3 Å². The van der Waals surface area contributed by atoms with Crippen LogP contribution in [0.15, 0.2) is 24.0 Å². The van der Waals surface area contributed by atoms with E-state index in [1.807, 2.05) is 13.1 Å². The Balaban J connectivity index is 2.02. The highest BCUT2D eigenvalue weighted by Crippen LogP contribution is 2.60. The maximum Gasteiger partial charge on any atom is 0.161 e. The van der Waals surface area contributed by atoms with Gasteiger partial charge >= 0.3 is 0 Å². The largest absolute Gasteiger partial charge is 0.504 e. The lowest BCUT2D eigenvalue weighted by atomic mass is 9.50. The van der Waals surface area contributed by atoms with Gasteiger partial charge in [0.05, 0.1) is 14.2 Å². The van der Waals surface area contributed by atoms with Gasteiger partial charge in [0.25, 0.3) is 0 Å². The Kier molecular flexibility index (Phi) is 3.58. The third kappa shape index (κ3) is 1.96. The summed E-state index contributed by atoms with van der Waals surface area (Å²) < 4.78 is 10.6. The molecule has 6 nitrogen and oxygen atoms in total. The van der Waals surface area contributed by atoms with Crippen molar-refractivity contribution in [3.63, 3.8) is 0 Å². The molecule has 1 heterocycles. The molecule has 6 heteroatoms. The number of piperidine rings is 1. The maximum atomic E-state index is 11.8. The van der Waals surface area contributed by atoms with Crippen molar-refractivity contribution in [2.75, 3.05) is 27.8 Å². The van der Waals surface area contributed by atoms with Gasteiger partial charge in [-0.25, -0.2) is 0 Å². The zero-order valence-electron chi connectivity index (χ0n) is 14.8. The number of methoxy groups -OCH3 is 2. The van der Waals surface area contributed by atoms with E-state index in [-0.39, 0.29) is 11.8 Å². The average Bonchev–Trinajstić information content (AvgIpc) is 2.58. The summed E-state index contributed by atoms with van der Waals surface area (Å²) in [4.78, 5) is 2.16. The lowest BCUT2D eigenvalue weighted by Gasteiger charge is -2.62. The Hall–Kier alpha value is -1.76. The first kappa shape index (κ1) is 16.7. The topological polar surface area (TPSA) is 82.4 Å². The average molecular weight is 347 g/mol. The van der Waals surface area contributed by atoms with Gasteiger partial charge in [0.15, 0.2) is 11.5 Å². The van der Waals surface area contributed by atoms with Crippen molar-refractivity contribution in [1.82, 2.24) is 4.90 Å². The summed E-state index contributed by atoms with van der Waals surface area (Å²) in [7, 11) is 5.03. The van der Waals surface area contributed by atoms with Crippen LogP contribution in [-0.2, 0) is 16.6 Å². The summed E-state index contributed by atoms with van der Waals surface area (Å²) >= 11 is 0. The number of phenolic OH excluding ortho intramolecular Hbond substituents is 1. The normalized spacial score (nSPS) is 36.9. The molecular weight excluding hydrogens is 322 g/mol. The maximum absolute atomic E-state index is 11.8. The molecule has 4 rings (SSSR count). The predicted molar refractivity (Wildman–Crippen MR) is 91.7 cm³/mol. The van der Waals surface area contributed by atoms with Gasteiger partial charge in [-0.1, -0.05) is 6.07 Å². The molecule has 3 aliphatic rings. The van der Waals surface area contributed by atoms with Gasteiger partial charge in [-0.05, 0) is 50.6 Å². The summed E-state index contributed by atoms with van der Waals surface area (Å²) in [6, 6.07) is 3.59. The highest BCUT2D eigenvalue weighted by Gasteiger charge is 2.65. The third-order valence-electron chi connectivity index (χ3n) is 6.51. The Morgan fingerprint density at radius 3 is 2.68 bits per heavy atom. The number of hydrogen-bond donors (Lipinski definition) is 3. The van der Waals surface area contributed by atoms with Crippen molar-refractivity contribution < 1.29 is 24.8 Å². The van der Waals surface area contributed by atoms with Crippen LogP contribution in [0.5, 0.6) is 11.5 Å². The number of fused-ring (bicyclic) bond motifs is 1. The Morgan fingerprint density at radius 2 is 2.00 bits per heavy atom. The van der Waals surface area contributed by atoms with Crippen molar-refractivity contribution in [3.8, 4) is 11.5 Å². The first-order chi connectivity index (χ1) is 11.9. The monoisotopic (exact) mass is 347 g/mol. The van der Waals surface area contributed by atoms with Crippen LogP contribution in [0.2, 0.25) is 0 Å². The number of aliphatic hydroxyl groups excluding tert-OH is 1. The quantitative estimate of drug-likeness (QED) is 0.738. The van der Waals surface area contributed by atoms with Crippen molar-refractivity contribution in [1.29, 1.82) is 0 Å². The number of phenols is 1. The molecule has 0 aromatic heterocycles. The molecule has 1 aromatic rings. The van der Waals surface area contributed by atoms with E-state index < -0.39 is 17.1 Å². The zero-order valence-corrected chi connectivity index (χ0v) is 14.8. The number of ether oxygens (including phenoxy) is 2. The standard InChI is InChI=1S/C19H25NO5/c1-20-7-6-18-9-12(21)14(25-3)10-19(18,23)15(20)8-11-4-5-13(24-2)17(22)16(11)18/h4-5,10,12,15,21-23H,6-9H2,1-3H3/t12?,15-,18-,19-/m0/s1. The molecule has 1 unspecified atom stereocenters. The van der Waals surface area contributed by atoms with E-state index >= 15 is 0 Å². The van der Waals surface area contributed by atoms with Crippen LogP contribution in [-0.4, -0.2) is 65.8 Å². The molecule has 2 bridgehead atoms. The SMILES string of the molecule is COC1=C[C@]2(O)[C@@H]3Cc4ccc(OC)c(O)c4[C@]2(CCN3C)CC1O. The highest BCUT2D eigenvalue weighted by atomic mass is 16.5. The lowest BCUT2D eigenvalue weighted by Crippen LogP contribution is -2.72. The summed E-state index contributed by atoms with van der Waals surface area (Å²) in [6.07, 6.45) is 2.41. The molecule has 3 N–H and O–H groups in total. The highest BCUT2D eigenvalue weighted by molar-refractivity contribution is 5.59. The van der Waals surface area contributed by atoms with Crippen LogP contribution in [0.4, 0.5) is 0 Å². The first-order valence-corrected chi connectivity index (χ1v) is 8.64. The fraction of sp³-hybridized carbons (Fsp3) is 0.579. The van der Waals surface area contributed by atoms with E-state index in [4.69, 9.17) is 9.47 Å².